The highest BCUT2D eigenvalue weighted by Crippen LogP contribution is 2.38. The van der Waals surface area contributed by atoms with E-state index in [2.05, 4.69) is 10.1 Å². The van der Waals surface area contributed by atoms with E-state index >= 15 is 0 Å². The second-order valence-electron chi connectivity index (χ2n) is 4.15. The minimum absolute atomic E-state index is 0.219. The van der Waals surface area contributed by atoms with Crippen LogP contribution >= 0.6 is 0 Å². The molecule has 0 amide bonds. The molecule has 0 spiro atoms. The number of nitrogens with zero attached hydrogens (tertiary/aromatic N) is 3. The van der Waals surface area contributed by atoms with Crippen molar-refractivity contribution in [3.8, 4) is 0 Å². The van der Waals surface area contributed by atoms with Crippen molar-refractivity contribution in [1.29, 1.82) is 0 Å². The van der Waals surface area contributed by atoms with E-state index in [1.54, 1.807) is 22.9 Å². The normalized spacial score (nSPS) is 15.1. The molecule has 0 aromatic carbocycles. The average molecular weight is 233 g/mol. The Hall–Kier alpha value is -2.11. The second kappa shape index (κ2) is 3.73. The Kier molecular flexibility index (Phi) is 2.21. The Morgan fingerprint density at radius 3 is 3.12 bits per heavy atom. The highest BCUT2D eigenvalue weighted by molar-refractivity contribution is 5.85. The fourth-order valence-corrected chi connectivity index (χ4v) is 1.73. The van der Waals surface area contributed by atoms with Crippen LogP contribution in [0.15, 0.2) is 22.9 Å². The zero-order chi connectivity index (χ0) is 11.8. The summed E-state index contributed by atoms with van der Waals surface area (Å²) in [6, 6.07) is 3.22. The van der Waals surface area contributed by atoms with Gasteiger partial charge >= 0.3 is 5.97 Å². The van der Waals surface area contributed by atoms with Crippen LogP contribution in [0.2, 0.25) is 0 Å². The van der Waals surface area contributed by atoms with Gasteiger partial charge in [0.15, 0.2) is 5.82 Å². The molecule has 17 heavy (non-hydrogen) atoms. The third-order valence-corrected chi connectivity index (χ3v) is 2.78. The number of aromatic nitrogens is 3. The van der Waals surface area contributed by atoms with Gasteiger partial charge in [-0.25, -0.2) is 4.79 Å². The quantitative estimate of drug-likeness (QED) is 0.865. The van der Waals surface area contributed by atoms with Crippen LogP contribution in [0, 0.1) is 0 Å². The number of rotatable bonds is 4. The van der Waals surface area contributed by atoms with E-state index in [0.29, 0.717) is 18.4 Å². The summed E-state index contributed by atoms with van der Waals surface area (Å²) in [4.78, 5) is 15.2. The minimum Gasteiger partial charge on any atom is -0.477 e. The molecule has 6 heteroatoms. The summed E-state index contributed by atoms with van der Waals surface area (Å²) in [5, 5.41) is 12.8. The molecule has 2 aromatic rings. The molecule has 0 atom stereocenters. The lowest BCUT2D eigenvalue weighted by Gasteiger charge is -2.01. The first-order chi connectivity index (χ1) is 8.24. The van der Waals surface area contributed by atoms with E-state index in [0.717, 1.165) is 18.7 Å². The number of carbonyl (C=O) groups is 1. The molecule has 1 aliphatic carbocycles. The van der Waals surface area contributed by atoms with Crippen LogP contribution in [0.4, 0.5) is 0 Å². The molecule has 2 aromatic heterocycles. The predicted molar refractivity (Wildman–Crippen MR) is 56.8 cm³/mol. The molecule has 1 fully saturated rings. The minimum atomic E-state index is -0.961. The lowest BCUT2D eigenvalue weighted by atomic mass is 10.4. The van der Waals surface area contributed by atoms with Gasteiger partial charge in [-0.2, -0.15) is 4.98 Å². The number of hydrogen-bond acceptors (Lipinski definition) is 4. The number of aromatic carboxylic acids is 1. The van der Waals surface area contributed by atoms with Gasteiger partial charge in [0.1, 0.15) is 12.2 Å². The molecule has 88 valence electrons. The summed E-state index contributed by atoms with van der Waals surface area (Å²) in [5.41, 5.74) is 0.219. The van der Waals surface area contributed by atoms with Crippen molar-refractivity contribution < 1.29 is 14.4 Å². The van der Waals surface area contributed by atoms with Crippen molar-refractivity contribution in [3.63, 3.8) is 0 Å². The smallest absolute Gasteiger partial charge is 0.352 e. The molecule has 2 heterocycles. The van der Waals surface area contributed by atoms with Gasteiger partial charge in [-0.1, -0.05) is 5.16 Å². The lowest BCUT2D eigenvalue weighted by molar-refractivity contribution is 0.0685. The third-order valence-electron chi connectivity index (χ3n) is 2.78. The number of hydrogen-bond donors (Lipinski definition) is 1. The Balaban J connectivity index is 1.80. The monoisotopic (exact) mass is 233 g/mol. The van der Waals surface area contributed by atoms with Gasteiger partial charge in [0.05, 0.1) is 0 Å². The molecule has 1 N–H and O–H groups in total. The fourth-order valence-electron chi connectivity index (χ4n) is 1.73. The van der Waals surface area contributed by atoms with E-state index in [1.165, 1.54) is 0 Å². The average Bonchev–Trinajstić information content (AvgIpc) is 2.87. The van der Waals surface area contributed by atoms with Crippen LogP contribution in [0.3, 0.4) is 0 Å². The summed E-state index contributed by atoms with van der Waals surface area (Å²) in [5.74, 6) is 0.669. The number of carboxylic acids is 1. The van der Waals surface area contributed by atoms with E-state index in [1.807, 2.05) is 0 Å². The maximum Gasteiger partial charge on any atom is 0.352 e. The van der Waals surface area contributed by atoms with Gasteiger partial charge in [0, 0.05) is 12.1 Å². The van der Waals surface area contributed by atoms with Crippen molar-refractivity contribution in [2.45, 2.75) is 25.3 Å². The van der Waals surface area contributed by atoms with Gasteiger partial charge in [0.25, 0.3) is 0 Å². The zero-order valence-corrected chi connectivity index (χ0v) is 9.04. The van der Waals surface area contributed by atoms with Crippen molar-refractivity contribution >= 4 is 5.97 Å². The van der Waals surface area contributed by atoms with Crippen LogP contribution in [0.1, 0.15) is 41.0 Å². The van der Waals surface area contributed by atoms with Crippen LogP contribution in [-0.2, 0) is 6.54 Å². The largest absolute Gasteiger partial charge is 0.477 e. The predicted octanol–water partition coefficient (Wildman–Crippen LogP) is 1.49. The van der Waals surface area contributed by atoms with Crippen molar-refractivity contribution in [3.05, 3.63) is 35.7 Å². The summed E-state index contributed by atoms with van der Waals surface area (Å²) >= 11 is 0. The summed E-state index contributed by atoms with van der Waals surface area (Å²) in [6.45, 7) is 0.300. The first-order valence-corrected chi connectivity index (χ1v) is 5.45. The molecular weight excluding hydrogens is 222 g/mol. The summed E-state index contributed by atoms with van der Waals surface area (Å²) < 4.78 is 6.68. The molecule has 1 aliphatic rings. The highest BCUT2D eigenvalue weighted by atomic mass is 16.5. The molecule has 1 saturated carbocycles. The third kappa shape index (κ3) is 1.93. The molecule has 6 nitrogen and oxygen atoms in total. The lowest BCUT2D eigenvalue weighted by Crippen LogP contribution is -2.08. The van der Waals surface area contributed by atoms with Crippen LogP contribution in [0.5, 0.6) is 0 Å². The second-order valence-corrected chi connectivity index (χ2v) is 4.15. The first kappa shape index (κ1) is 10.1. The highest BCUT2D eigenvalue weighted by Gasteiger charge is 2.28. The van der Waals surface area contributed by atoms with E-state index in [4.69, 9.17) is 9.63 Å². The molecule has 3 rings (SSSR count). The molecule has 0 aliphatic heterocycles. The Morgan fingerprint density at radius 2 is 2.41 bits per heavy atom. The SMILES string of the molecule is O=C(O)c1cccn1Cc1nc(C2CC2)no1. The molecule has 0 radical (unpaired) electrons. The number of carboxylic acid groups (broad SMARTS) is 1. The van der Waals surface area contributed by atoms with Gasteiger partial charge in [-0.3, -0.25) is 0 Å². The van der Waals surface area contributed by atoms with E-state index < -0.39 is 5.97 Å². The van der Waals surface area contributed by atoms with Gasteiger partial charge < -0.3 is 14.2 Å². The molecule has 0 unspecified atom stereocenters. The summed E-state index contributed by atoms with van der Waals surface area (Å²) in [7, 11) is 0. The van der Waals surface area contributed by atoms with Gasteiger partial charge in [-0.15, -0.1) is 0 Å². The molecule has 0 saturated heterocycles. The molecule has 0 bridgehead atoms. The van der Waals surface area contributed by atoms with E-state index in [9.17, 15) is 4.79 Å². The summed E-state index contributed by atoms with van der Waals surface area (Å²) in [6.07, 6.45) is 3.91. The fraction of sp³-hybridized carbons (Fsp3) is 0.364. The van der Waals surface area contributed by atoms with Gasteiger partial charge in [-0.05, 0) is 25.0 Å². The Bertz CT molecular complexity index is 554. The van der Waals surface area contributed by atoms with Crippen molar-refractivity contribution in [1.82, 2.24) is 14.7 Å². The molecular formula is C11H11N3O3. The maximum atomic E-state index is 10.9. The van der Waals surface area contributed by atoms with Gasteiger partial charge in [0.2, 0.25) is 5.89 Å². The van der Waals surface area contributed by atoms with Crippen LogP contribution in [0.25, 0.3) is 0 Å². The van der Waals surface area contributed by atoms with Crippen LogP contribution < -0.4 is 0 Å². The topological polar surface area (TPSA) is 81.1 Å². The standard InChI is InChI=1S/C11H11N3O3/c15-11(16)8-2-1-5-14(8)6-9-12-10(13-17-9)7-3-4-7/h1-2,5,7H,3-4,6H2,(H,15,16). The van der Waals surface area contributed by atoms with Crippen LogP contribution in [-0.4, -0.2) is 25.8 Å². The van der Waals surface area contributed by atoms with Crippen molar-refractivity contribution in [2.75, 3.05) is 0 Å². The van der Waals surface area contributed by atoms with E-state index in [-0.39, 0.29) is 5.69 Å². The Labute approximate surface area is 96.9 Å². The Morgan fingerprint density at radius 1 is 1.59 bits per heavy atom. The first-order valence-electron chi connectivity index (χ1n) is 5.45. The maximum absolute atomic E-state index is 10.9. The zero-order valence-electron chi connectivity index (χ0n) is 9.04. The van der Waals surface area contributed by atoms with Crippen molar-refractivity contribution in [2.24, 2.45) is 0 Å².